The summed E-state index contributed by atoms with van der Waals surface area (Å²) < 4.78 is 24.9. The Labute approximate surface area is 141 Å². The number of benzene rings is 1. The number of likely N-dealkylation sites (tertiary alicyclic amines) is 1. The number of hydrogen-bond acceptors (Lipinski definition) is 4. The summed E-state index contributed by atoms with van der Waals surface area (Å²) in [5.74, 6) is 0.122. The molecule has 1 aromatic heterocycles. The van der Waals surface area contributed by atoms with Crippen molar-refractivity contribution in [3.63, 3.8) is 0 Å². The smallest absolute Gasteiger partial charge is 0.253 e. The molecule has 0 bridgehead atoms. The first-order valence-corrected chi connectivity index (χ1v) is 9.83. The number of sulfone groups is 1. The largest absolute Gasteiger partial charge is 0.361 e. The SMILES string of the molecule is CN(C)[C@@H]1CS(=O)(=O)[C@H]2CN(C(=O)c3ccc4[nH]ccc4c3)C[C@@H]12. The molecule has 1 amide bonds. The standard InChI is InChI=1S/C17H21N3O3S/c1-19(2)15-10-24(22,23)16-9-20(8-13(15)16)17(21)12-3-4-14-11(7-12)5-6-18-14/h3-7,13,15-16,18H,8-10H2,1-2H3/t13-,15+,16-/m0/s1. The summed E-state index contributed by atoms with van der Waals surface area (Å²) in [5, 5.41) is 0.559. The Bertz CT molecular complexity index is 903. The molecule has 2 aliphatic rings. The van der Waals surface area contributed by atoms with Gasteiger partial charge in [-0.05, 0) is 38.4 Å². The molecule has 3 atom stereocenters. The van der Waals surface area contributed by atoms with Crippen LogP contribution in [0.25, 0.3) is 10.9 Å². The predicted molar refractivity (Wildman–Crippen MR) is 92.7 cm³/mol. The molecule has 0 aliphatic carbocycles. The van der Waals surface area contributed by atoms with E-state index < -0.39 is 15.1 Å². The molecule has 1 aromatic carbocycles. The van der Waals surface area contributed by atoms with Gasteiger partial charge >= 0.3 is 0 Å². The number of nitrogens with one attached hydrogen (secondary N) is 1. The second-order valence-corrected chi connectivity index (χ2v) is 9.32. The third kappa shape index (κ3) is 2.34. The van der Waals surface area contributed by atoms with E-state index in [1.807, 2.05) is 43.4 Å². The molecule has 128 valence electrons. The Hall–Kier alpha value is -1.86. The lowest BCUT2D eigenvalue weighted by atomic mass is 10.00. The molecule has 0 saturated carbocycles. The summed E-state index contributed by atoms with van der Waals surface area (Å²) in [7, 11) is 0.686. The van der Waals surface area contributed by atoms with Crippen LogP contribution in [0.2, 0.25) is 0 Å². The van der Waals surface area contributed by atoms with Gasteiger partial charge in [0.25, 0.3) is 5.91 Å². The van der Waals surface area contributed by atoms with Crippen molar-refractivity contribution in [2.24, 2.45) is 5.92 Å². The highest BCUT2D eigenvalue weighted by molar-refractivity contribution is 7.92. The fourth-order valence-corrected chi connectivity index (χ4v) is 6.58. The molecule has 2 saturated heterocycles. The van der Waals surface area contributed by atoms with Crippen LogP contribution in [-0.4, -0.2) is 73.3 Å². The van der Waals surface area contributed by atoms with E-state index in [1.54, 1.807) is 11.0 Å². The third-order valence-electron chi connectivity index (χ3n) is 5.42. The van der Waals surface area contributed by atoms with Crippen LogP contribution in [0.1, 0.15) is 10.4 Å². The molecule has 0 radical (unpaired) electrons. The minimum absolute atomic E-state index is 0.00457. The maximum Gasteiger partial charge on any atom is 0.253 e. The quantitative estimate of drug-likeness (QED) is 0.878. The van der Waals surface area contributed by atoms with Crippen LogP contribution in [0, 0.1) is 5.92 Å². The Morgan fingerprint density at radius 3 is 2.79 bits per heavy atom. The zero-order chi connectivity index (χ0) is 17.1. The highest BCUT2D eigenvalue weighted by Crippen LogP contribution is 2.36. The minimum atomic E-state index is -3.13. The Morgan fingerprint density at radius 1 is 1.25 bits per heavy atom. The minimum Gasteiger partial charge on any atom is -0.361 e. The number of nitrogens with zero attached hydrogens (tertiary/aromatic N) is 2. The fraction of sp³-hybridized carbons (Fsp3) is 0.471. The number of aromatic amines is 1. The number of H-pyrrole nitrogens is 1. The van der Waals surface area contributed by atoms with Crippen LogP contribution in [-0.2, 0) is 9.84 Å². The van der Waals surface area contributed by atoms with Gasteiger partial charge in [-0.25, -0.2) is 8.42 Å². The average molecular weight is 347 g/mol. The summed E-state index contributed by atoms with van der Waals surface area (Å²) >= 11 is 0. The van der Waals surface area contributed by atoms with Crippen LogP contribution in [0.5, 0.6) is 0 Å². The van der Waals surface area contributed by atoms with Gasteiger partial charge in [-0.1, -0.05) is 0 Å². The number of carbonyl (C=O) groups is 1. The van der Waals surface area contributed by atoms with Gasteiger partial charge in [0, 0.05) is 47.7 Å². The molecule has 2 aliphatic heterocycles. The van der Waals surface area contributed by atoms with Gasteiger partial charge in [-0.3, -0.25) is 4.79 Å². The second kappa shape index (κ2) is 5.32. The van der Waals surface area contributed by atoms with Crippen molar-refractivity contribution in [1.82, 2.24) is 14.8 Å². The van der Waals surface area contributed by atoms with Gasteiger partial charge in [-0.2, -0.15) is 0 Å². The maximum atomic E-state index is 12.8. The van der Waals surface area contributed by atoms with Crippen molar-refractivity contribution in [2.45, 2.75) is 11.3 Å². The Kier molecular flexibility index (Phi) is 3.47. The number of carbonyl (C=O) groups excluding carboxylic acids is 1. The van der Waals surface area contributed by atoms with E-state index in [0.717, 1.165) is 10.9 Å². The van der Waals surface area contributed by atoms with Crippen LogP contribution in [0.3, 0.4) is 0 Å². The van der Waals surface area contributed by atoms with Gasteiger partial charge in [-0.15, -0.1) is 0 Å². The number of aromatic nitrogens is 1. The topological polar surface area (TPSA) is 73.5 Å². The summed E-state index contributed by atoms with van der Waals surface area (Å²) in [6.45, 7) is 0.818. The summed E-state index contributed by atoms with van der Waals surface area (Å²) in [4.78, 5) is 19.6. The summed E-state index contributed by atoms with van der Waals surface area (Å²) in [5.41, 5.74) is 1.60. The molecule has 2 fully saturated rings. The van der Waals surface area contributed by atoms with Crippen LogP contribution < -0.4 is 0 Å². The molecule has 0 spiro atoms. The molecule has 24 heavy (non-hydrogen) atoms. The van der Waals surface area contributed by atoms with Crippen molar-refractivity contribution >= 4 is 26.6 Å². The van der Waals surface area contributed by atoms with Gasteiger partial charge < -0.3 is 14.8 Å². The van der Waals surface area contributed by atoms with Crippen LogP contribution in [0.15, 0.2) is 30.5 Å². The van der Waals surface area contributed by atoms with E-state index in [1.165, 1.54) is 0 Å². The maximum absolute atomic E-state index is 12.8. The number of amides is 1. The zero-order valence-corrected chi connectivity index (χ0v) is 14.6. The van der Waals surface area contributed by atoms with E-state index in [4.69, 9.17) is 0 Å². The average Bonchev–Trinajstić information content (AvgIpc) is 3.21. The lowest BCUT2D eigenvalue weighted by Gasteiger charge is -2.25. The normalized spacial score (nSPS) is 28.6. The molecule has 2 aromatic rings. The lowest BCUT2D eigenvalue weighted by molar-refractivity contribution is 0.0780. The molecular formula is C17H21N3O3S. The third-order valence-corrected chi connectivity index (χ3v) is 7.65. The number of hydrogen-bond donors (Lipinski definition) is 1. The van der Waals surface area contributed by atoms with Gasteiger partial charge in [0.1, 0.15) is 0 Å². The van der Waals surface area contributed by atoms with Crippen LogP contribution >= 0.6 is 0 Å². The molecule has 7 heteroatoms. The van der Waals surface area contributed by atoms with Crippen LogP contribution in [0.4, 0.5) is 0 Å². The molecular weight excluding hydrogens is 326 g/mol. The van der Waals surface area contributed by atoms with Crippen molar-refractivity contribution in [1.29, 1.82) is 0 Å². The van der Waals surface area contributed by atoms with E-state index in [-0.39, 0.29) is 23.6 Å². The summed E-state index contributed by atoms with van der Waals surface area (Å²) in [6.07, 6.45) is 1.84. The van der Waals surface area contributed by atoms with Crippen molar-refractivity contribution in [3.05, 3.63) is 36.0 Å². The molecule has 6 nitrogen and oxygen atoms in total. The van der Waals surface area contributed by atoms with Gasteiger partial charge in [0.2, 0.25) is 0 Å². The number of fused-ring (bicyclic) bond motifs is 2. The lowest BCUT2D eigenvalue weighted by Crippen LogP contribution is -2.38. The van der Waals surface area contributed by atoms with Crippen molar-refractivity contribution < 1.29 is 13.2 Å². The van der Waals surface area contributed by atoms with Gasteiger partial charge in [0.05, 0.1) is 11.0 Å². The van der Waals surface area contributed by atoms with Crippen molar-refractivity contribution in [3.8, 4) is 0 Å². The highest BCUT2D eigenvalue weighted by Gasteiger charge is 2.53. The monoisotopic (exact) mass is 347 g/mol. The second-order valence-electron chi connectivity index (χ2n) is 7.05. The molecule has 3 heterocycles. The van der Waals surface area contributed by atoms with Crippen molar-refractivity contribution in [2.75, 3.05) is 32.9 Å². The zero-order valence-electron chi connectivity index (χ0n) is 13.8. The first-order valence-electron chi connectivity index (χ1n) is 8.11. The molecule has 0 unspecified atom stereocenters. The summed E-state index contributed by atoms with van der Waals surface area (Å²) in [6, 6.07) is 7.47. The van der Waals surface area contributed by atoms with E-state index in [2.05, 4.69) is 4.98 Å². The van der Waals surface area contributed by atoms with E-state index in [9.17, 15) is 13.2 Å². The molecule has 1 N–H and O–H groups in total. The highest BCUT2D eigenvalue weighted by atomic mass is 32.2. The van der Waals surface area contributed by atoms with E-state index in [0.29, 0.717) is 18.7 Å². The fourth-order valence-electron chi connectivity index (χ4n) is 4.10. The predicted octanol–water partition coefficient (Wildman–Crippen LogP) is 0.967. The van der Waals surface area contributed by atoms with E-state index >= 15 is 0 Å². The Balaban J connectivity index is 1.61. The first kappa shape index (κ1) is 15.7. The Morgan fingerprint density at radius 2 is 2.04 bits per heavy atom. The number of rotatable bonds is 2. The first-order chi connectivity index (χ1) is 11.4. The van der Waals surface area contributed by atoms with Gasteiger partial charge in [0.15, 0.2) is 9.84 Å². The molecule has 4 rings (SSSR count).